The molecule has 1 aromatic carbocycles. The first-order chi connectivity index (χ1) is 12.8. The van der Waals surface area contributed by atoms with Gasteiger partial charge in [0.1, 0.15) is 6.04 Å². The molecule has 2 aromatic rings. The van der Waals surface area contributed by atoms with Gasteiger partial charge in [-0.3, -0.25) is 4.79 Å². The van der Waals surface area contributed by atoms with Gasteiger partial charge < -0.3 is 15.0 Å². The number of aromatic nitrogens is 2. The first kappa shape index (κ1) is 19.7. The van der Waals surface area contributed by atoms with Gasteiger partial charge in [0.25, 0.3) is 0 Å². The highest BCUT2D eigenvalue weighted by atomic mass is 32.2. The lowest BCUT2D eigenvalue weighted by Crippen LogP contribution is -2.32. The highest BCUT2D eigenvalue weighted by molar-refractivity contribution is 7.99. The lowest BCUT2D eigenvalue weighted by atomic mass is 9.86. The highest BCUT2D eigenvalue weighted by Gasteiger charge is 2.35. The first-order valence-electron chi connectivity index (χ1n) is 9.39. The molecule has 1 amide bonds. The Hall–Kier alpha value is -2.02. The number of benzene rings is 1. The molecule has 1 atom stereocenters. The van der Waals surface area contributed by atoms with Crippen molar-refractivity contribution >= 4 is 34.7 Å². The molecule has 3 rings (SSSR count). The van der Waals surface area contributed by atoms with Gasteiger partial charge in [-0.25, -0.2) is 9.78 Å². The summed E-state index contributed by atoms with van der Waals surface area (Å²) in [5.74, 6) is 0.296. The van der Waals surface area contributed by atoms with Crippen LogP contribution >= 0.6 is 11.8 Å². The number of carbonyl (C=O) groups excluding carboxylic acids is 1. The Bertz CT molecular complexity index is 837. The fraction of sp³-hybridized carbons (Fsp3) is 0.550. The Morgan fingerprint density at radius 2 is 2.04 bits per heavy atom. The maximum Gasteiger partial charge on any atom is 0.327 e. The van der Waals surface area contributed by atoms with Crippen LogP contribution in [0.1, 0.15) is 46.1 Å². The number of carboxylic acids is 1. The topological polar surface area (TPSA) is 84.2 Å². The van der Waals surface area contributed by atoms with Gasteiger partial charge in [0.2, 0.25) is 5.91 Å². The van der Waals surface area contributed by atoms with Crippen molar-refractivity contribution in [2.45, 2.75) is 51.2 Å². The molecule has 1 unspecified atom stereocenters. The second-order valence-electron chi connectivity index (χ2n) is 8.13. The Balaban J connectivity index is 1.75. The van der Waals surface area contributed by atoms with Crippen LogP contribution in [0.5, 0.6) is 0 Å². The van der Waals surface area contributed by atoms with Crippen molar-refractivity contribution in [3.8, 4) is 0 Å². The van der Waals surface area contributed by atoms with Gasteiger partial charge in [-0.15, -0.1) is 0 Å². The van der Waals surface area contributed by atoms with Crippen LogP contribution in [0.25, 0.3) is 11.0 Å². The third-order valence-electron chi connectivity index (χ3n) is 4.68. The van der Waals surface area contributed by atoms with Crippen molar-refractivity contribution in [1.82, 2.24) is 14.9 Å². The van der Waals surface area contributed by atoms with E-state index in [2.05, 4.69) is 10.3 Å². The normalized spacial score (nSPS) is 15.7. The van der Waals surface area contributed by atoms with E-state index in [0.29, 0.717) is 11.7 Å². The van der Waals surface area contributed by atoms with Crippen LogP contribution in [0.2, 0.25) is 0 Å². The van der Waals surface area contributed by atoms with Crippen LogP contribution in [0.3, 0.4) is 0 Å². The molecule has 2 N–H and O–H groups in total. The summed E-state index contributed by atoms with van der Waals surface area (Å²) in [6.07, 6.45) is 2.83. The summed E-state index contributed by atoms with van der Waals surface area (Å²) in [6.45, 7) is 6.44. The molecule has 0 spiro atoms. The van der Waals surface area contributed by atoms with Crippen molar-refractivity contribution in [1.29, 1.82) is 0 Å². The van der Waals surface area contributed by atoms with Crippen molar-refractivity contribution in [2.24, 2.45) is 11.3 Å². The van der Waals surface area contributed by atoms with Gasteiger partial charge in [-0.1, -0.05) is 44.7 Å². The van der Waals surface area contributed by atoms with Crippen LogP contribution in [0, 0.1) is 11.3 Å². The Kier molecular flexibility index (Phi) is 5.79. The van der Waals surface area contributed by atoms with E-state index in [1.807, 2.05) is 49.6 Å². The average molecular weight is 390 g/mol. The summed E-state index contributed by atoms with van der Waals surface area (Å²) in [4.78, 5) is 28.4. The zero-order valence-electron chi connectivity index (χ0n) is 16.1. The number of aliphatic carboxylic acids is 1. The number of hydrogen-bond donors (Lipinski definition) is 2. The van der Waals surface area contributed by atoms with E-state index in [9.17, 15) is 14.7 Å². The summed E-state index contributed by atoms with van der Waals surface area (Å²) in [5, 5.41) is 13.6. The van der Waals surface area contributed by atoms with Gasteiger partial charge in [0.15, 0.2) is 5.16 Å². The van der Waals surface area contributed by atoms with E-state index in [4.69, 9.17) is 0 Å². The number of carboxylic acid groups (broad SMARTS) is 1. The van der Waals surface area contributed by atoms with Crippen LogP contribution in [-0.2, 0) is 9.59 Å². The molecule has 1 fully saturated rings. The molecule has 7 heteroatoms. The zero-order chi connectivity index (χ0) is 19.6. The quantitative estimate of drug-likeness (QED) is 0.531. The molecular weight excluding hydrogens is 362 g/mol. The second-order valence-corrected chi connectivity index (χ2v) is 9.19. The molecule has 146 valence electrons. The SMILES string of the molecule is CC(C)(C)C(C(=O)O)n1c(SCCCNC(=O)C2CC2)nc2ccccc21. The van der Waals surface area contributed by atoms with Gasteiger partial charge >= 0.3 is 5.97 Å². The van der Waals surface area contributed by atoms with Crippen LogP contribution in [0.4, 0.5) is 0 Å². The van der Waals surface area contributed by atoms with E-state index >= 15 is 0 Å². The fourth-order valence-corrected chi connectivity index (χ4v) is 4.16. The van der Waals surface area contributed by atoms with Gasteiger partial charge in [0, 0.05) is 18.2 Å². The number of imidazole rings is 1. The molecule has 1 saturated carbocycles. The summed E-state index contributed by atoms with van der Waals surface area (Å²) in [7, 11) is 0. The number of nitrogens with zero attached hydrogens (tertiary/aromatic N) is 2. The molecule has 1 heterocycles. The minimum absolute atomic E-state index is 0.158. The monoisotopic (exact) mass is 389 g/mol. The Morgan fingerprint density at radius 1 is 1.33 bits per heavy atom. The van der Waals surface area contributed by atoms with E-state index in [-0.39, 0.29) is 11.8 Å². The minimum atomic E-state index is -0.857. The molecular formula is C20H27N3O3S. The molecule has 0 radical (unpaired) electrons. The van der Waals surface area contributed by atoms with Crippen molar-refractivity contribution in [3.05, 3.63) is 24.3 Å². The van der Waals surface area contributed by atoms with E-state index < -0.39 is 17.4 Å². The van der Waals surface area contributed by atoms with Crippen LogP contribution in [0.15, 0.2) is 29.4 Å². The molecule has 1 aromatic heterocycles. The van der Waals surface area contributed by atoms with Crippen molar-refractivity contribution in [2.75, 3.05) is 12.3 Å². The van der Waals surface area contributed by atoms with E-state index in [0.717, 1.165) is 36.0 Å². The van der Waals surface area contributed by atoms with E-state index in [1.165, 1.54) is 0 Å². The standard InChI is InChI=1S/C20H27N3O3S/c1-20(2,3)16(18(25)26)23-15-8-5-4-7-14(15)22-19(23)27-12-6-11-21-17(24)13-9-10-13/h4-5,7-8,13,16H,6,9-12H2,1-3H3,(H,21,24)(H,25,26). The summed E-state index contributed by atoms with van der Waals surface area (Å²) < 4.78 is 1.85. The van der Waals surface area contributed by atoms with Gasteiger partial charge in [-0.2, -0.15) is 0 Å². The number of hydrogen-bond acceptors (Lipinski definition) is 4. The van der Waals surface area contributed by atoms with E-state index in [1.54, 1.807) is 11.8 Å². The molecule has 1 aliphatic carbocycles. The number of carbonyl (C=O) groups is 2. The highest BCUT2D eigenvalue weighted by Crippen LogP contribution is 2.37. The summed E-state index contributed by atoms with van der Waals surface area (Å²) in [6, 6.07) is 6.94. The largest absolute Gasteiger partial charge is 0.480 e. The Morgan fingerprint density at radius 3 is 2.67 bits per heavy atom. The maximum atomic E-state index is 12.1. The average Bonchev–Trinajstić information content (AvgIpc) is 3.37. The van der Waals surface area contributed by atoms with Crippen LogP contribution in [-0.4, -0.2) is 38.8 Å². The predicted octanol–water partition coefficient (Wildman–Crippen LogP) is 3.72. The molecule has 27 heavy (non-hydrogen) atoms. The number of rotatable bonds is 8. The molecule has 0 bridgehead atoms. The lowest BCUT2D eigenvalue weighted by Gasteiger charge is -2.29. The van der Waals surface area contributed by atoms with Gasteiger partial charge in [0.05, 0.1) is 11.0 Å². The molecule has 1 aliphatic rings. The van der Waals surface area contributed by atoms with Crippen molar-refractivity contribution in [3.63, 3.8) is 0 Å². The number of amides is 1. The number of nitrogens with one attached hydrogen (secondary N) is 1. The maximum absolute atomic E-state index is 12.1. The number of para-hydroxylation sites is 2. The third kappa shape index (κ3) is 4.64. The first-order valence-corrected chi connectivity index (χ1v) is 10.4. The summed E-state index contributed by atoms with van der Waals surface area (Å²) in [5.41, 5.74) is 1.19. The zero-order valence-corrected chi connectivity index (χ0v) is 16.9. The minimum Gasteiger partial charge on any atom is -0.480 e. The van der Waals surface area contributed by atoms with Crippen molar-refractivity contribution < 1.29 is 14.7 Å². The molecule has 6 nitrogen and oxygen atoms in total. The molecule has 0 saturated heterocycles. The fourth-order valence-electron chi connectivity index (χ4n) is 3.18. The third-order valence-corrected chi connectivity index (χ3v) is 5.71. The smallest absolute Gasteiger partial charge is 0.327 e. The van der Waals surface area contributed by atoms with Gasteiger partial charge in [-0.05, 0) is 36.8 Å². The Labute approximate surface area is 163 Å². The molecule has 0 aliphatic heterocycles. The number of fused-ring (bicyclic) bond motifs is 1. The summed E-state index contributed by atoms with van der Waals surface area (Å²) >= 11 is 1.55. The number of thioether (sulfide) groups is 1. The lowest BCUT2D eigenvalue weighted by molar-refractivity contribution is -0.144. The predicted molar refractivity (Wildman–Crippen MR) is 107 cm³/mol. The second kappa shape index (κ2) is 7.92. The van der Waals surface area contributed by atoms with Crippen LogP contribution < -0.4 is 5.32 Å².